The van der Waals surface area contributed by atoms with Crippen molar-refractivity contribution < 1.29 is 14.3 Å². The molecule has 0 radical (unpaired) electrons. The molecule has 1 aliphatic rings. The first-order chi connectivity index (χ1) is 8.56. The Labute approximate surface area is 110 Å². The van der Waals surface area contributed by atoms with Crippen LogP contribution in [0.25, 0.3) is 0 Å². The van der Waals surface area contributed by atoms with Crippen LogP contribution in [0, 0.1) is 5.92 Å². The molecule has 0 aromatic rings. The van der Waals surface area contributed by atoms with Crippen LogP contribution in [0.5, 0.6) is 0 Å². The van der Waals surface area contributed by atoms with Gasteiger partial charge in [0.25, 0.3) is 0 Å². The smallest absolute Gasteiger partial charge is 0.328 e. The van der Waals surface area contributed by atoms with Gasteiger partial charge in [0.05, 0.1) is 13.7 Å². The number of ether oxygens (including phenoxy) is 2. The van der Waals surface area contributed by atoms with E-state index in [4.69, 9.17) is 9.47 Å². The molecule has 0 saturated heterocycles. The molecule has 1 unspecified atom stereocenters. The molecule has 0 aromatic heterocycles. The fraction of sp³-hybridized carbons (Fsp3) is 0.929. The predicted molar refractivity (Wildman–Crippen MR) is 71.5 cm³/mol. The first-order valence-corrected chi connectivity index (χ1v) is 6.92. The number of hydrogen-bond acceptors (Lipinski definition) is 4. The minimum atomic E-state index is -0.717. The van der Waals surface area contributed by atoms with Gasteiger partial charge in [-0.2, -0.15) is 0 Å². The molecule has 1 rings (SSSR count). The Hall–Kier alpha value is -0.610. The summed E-state index contributed by atoms with van der Waals surface area (Å²) >= 11 is 0. The summed E-state index contributed by atoms with van der Waals surface area (Å²) in [5, 5.41) is 3.52. The van der Waals surface area contributed by atoms with Crippen molar-refractivity contribution >= 4 is 5.97 Å². The molecule has 0 spiro atoms. The summed E-state index contributed by atoms with van der Waals surface area (Å²) in [4.78, 5) is 12.2. The highest BCUT2D eigenvalue weighted by atomic mass is 16.5. The van der Waals surface area contributed by atoms with Crippen LogP contribution < -0.4 is 5.32 Å². The molecule has 1 N–H and O–H groups in total. The van der Waals surface area contributed by atoms with Crippen LogP contribution in [0.15, 0.2) is 0 Å². The fourth-order valence-corrected chi connectivity index (χ4v) is 2.75. The molecular formula is C14H27NO3. The quantitative estimate of drug-likeness (QED) is 0.740. The number of methoxy groups -OCH3 is 2. The van der Waals surface area contributed by atoms with Crippen LogP contribution in [0.4, 0.5) is 0 Å². The van der Waals surface area contributed by atoms with Gasteiger partial charge in [-0.1, -0.05) is 33.1 Å². The number of rotatable bonds is 6. The Morgan fingerprint density at radius 2 is 1.89 bits per heavy atom. The van der Waals surface area contributed by atoms with Crippen LogP contribution in [-0.2, 0) is 14.3 Å². The SMILES string of the molecule is COCC(NC1CCCCC1)(C(=O)OC)C(C)C. The molecule has 18 heavy (non-hydrogen) atoms. The Morgan fingerprint density at radius 3 is 2.33 bits per heavy atom. The first kappa shape index (κ1) is 15.4. The lowest BCUT2D eigenvalue weighted by molar-refractivity contribution is -0.154. The molecule has 0 aromatic carbocycles. The van der Waals surface area contributed by atoms with Crippen molar-refractivity contribution in [2.45, 2.75) is 57.5 Å². The predicted octanol–water partition coefficient (Wildman–Crippen LogP) is 2.12. The van der Waals surface area contributed by atoms with E-state index in [-0.39, 0.29) is 11.9 Å². The van der Waals surface area contributed by atoms with E-state index in [0.717, 1.165) is 12.8 Å². The van der Waals surface area contributed by atoms with E-state index in [1.54, 1.807) is 7.11 Å². The van der Waals surface area contributed by atoms with Crippen molar-refractivity contribution in [2.75, 3.05) is 20.8 Å². The van der Waals surface area contributed by atoms with Crippen LogP contribution >= 0.6 is 0 Å². The third-order valence-corrected chi connectivity index (χ3v) is 3.97. The second-order valence-electron chi connectivity index (χ2n) is 5.53. The third kappa shape index (κ3) is 3.45. The van der Waals surface area contributed by atoms with Gasteiger partial charge < -0.3 is 9.47 Å². The molecular weight excluding hydrogens is 230 g/mol. The molecule has 0 aliphatic heterocycles. The average Bonchev–Trinajstić information content (AvgIpc) is 2.38. The molecule has 106 valence electrons. The zero-order chi connectivity index (χ0) is 13.6. The third-order valence-electron chi connectivity index (χ3n) is 3.97. The molecule has 0 amide bonds. The lowest BCUT2D eigenvalue weighted by Gasteiger charge is -2.39. The molecule has 1 fully saturated rings. The Kier molecular flexibility index (Phi) is 6.09. The van der Waals surface area contributed by atoms with E-state index in [0.29, 0.717) is 12.6 Å². The minimum absolute atomic E-state index is 0.131. The van der Waals surface area contributed by atoms with Crippen molar-refractivity contribution in [3.05, 3.63) is 0 Å². The van der Waals surface area contributed by atoms with Crippen LogP contribution in [0.3, 0.4) is 0 Å². The monoisotopic (exact) mass is 257 g/mol. The number of hydrogen-bond donors (Lipinski definition) is 1. The summed E-state index contributed by atoms with van der Waals surface area (Å²) in [7, 11) is 3.07. The summed E-state index contributed by atoms with van der Waals surface area (Å²) in [6.07, 6.45) is 6.04. The first-order valence-electron chi connectivity index (χ1n) is 6.92. The lowest BCUT2D eigenvalue weighted by atomic mass is 9.84. The minimum Gasteiger partial charge on any atom is -0.468 e. The normalized spacial score (nSPS) is 20.7. The van der Waals surface area contributed by atoms with Crippen molar-refractivity contribution in [1.29, 1.82) is 0 Å². The summed E-state index contributed by atoms with van der Waals surface area (Å²) < 4.78 is 10.3. The summed E-state index contributed by atoms with van der Waals surface area (Å²) in [5.41, 5.74) is -0.717. The second kappa shape index (κ2) is 7.10. The molecule has 4 heteroatoms. The molecule has 4 nitrogen and oxygen atoms in total. The van der Waals surface area contributed by atoms with Gasteiger partial charge >= 0.3 is 5.97 Å². The molecule has 0 heterocycles. The van der Waals surface area contributed by atoms with Crippen LogP contribution in [0.1, 0.15) is 46.0 Å². The standard InChI is InChI=1S/C14H27NO3/c1-11(2)14(10-17-3,13(16)18-4)15-12-8-6-5-7-9-12/h11-12,15H,5-10H2,1-4H3. The van der Waals surface area contributed by atoms with Gasteiger partial charge in [0.2, 0.25) is 0 Å². The highest BCUT2D eigenvalue weighted by Gasteiger charge is 2.44. The Balaban J connectivity index is 2.82. The number of carbonyl (C=O) groups excluding carboxylic acids is 1. The van der Waals surface area contributed by atoms with E-state index in [9.17, 15) is 4.79 Å². The maximum atomic E-state index is 12.2. The number of nitrogens with one attached hydrogen (secondary N) is 1. The summed E-state index contributed by atoms with van der Waals surface area (Å²) in [6, 6.07) is 0.399. The molecule has 1 atom stereocenters. The van der Waals surface area contributed by atoms with Gasteiger partial charge in [-0.15, -0.1) is 0 Å². The average molecular weight is 257 g/mol. The highest BCUT2D eigenvalue weighted by molar-refractivity contribution is 5.81. The number of carbonyl (C=O) groups is 1. The van der Waals surface area contributed by atoms with Crippen LogP contribution in [-0.4, -0.2) is 38.4 Å². The van der Waals surface area contributed by atoms with Gasteiger partial charge in [0.15, 0.2) is 0 Å². The van der Waals surface area contributed by atoms with E-state index < -0.39 is 5.54 Å². The van der Waals surface area contributed by atoms with Gasteiger partial charge in [-0.05, 0) is 18.8 Å². The van der Waals surface area contributed by atoms with Crippen molar-refractivity contribution in [1.82, 2.24) is 5.32 Å². The zero-order valence-electron chi connectivity index (χ0n) is 12.1. The van der Waals surface area contributed by atoms with Crippen molar-refractivity contribution in [2.24, 2.45) is 5.92 Å². The largest absolute Gasteiger partial charge is 0.468 e. The summed E-state index contributed by atoms with van der Waals surface area (Å²) in [5.74, 6) is -0.0863. The van der Waals surface area contributed by atoms with E-state index in [1.807, 2.05) is 13.8 Å². The van der Waals surface area contributed by atoms with Crippen molar-refractivity contribution in [3.8, 4) is 0 Å². The Bertz CT molecular complexity index is 262. The topological polar surface area (TPSA) is 47.6 Å². The highest BCUT2D eigenvalue weighted by Crippen LogP contribution is 2.25. The zero-order valence-corrected chi connectivity index (χ0v) is 12.1. The van der Waals surface area contributed by atoms with Crippen LogP contribution in [0.2, 0.25) is 0 Å². The fourth-order valence-electron chi connectivity index (χ4n) is 2.75. The lowest BCUT2D eigenvalue weighted by Crippen LogP contribution is -2.62. The molecule has 1 aliphatic carbocycles. The van der Waals surface area contributed by atoms with Gasteiger partial charge in [-0.3, -0.25) is 5.32 Å². The molecule has 1 saturated carbocycles. The van der Waals surface area contributed by atoms with E-state index in [2.05, 4.69) is 5.32 Å². The number of esters is 1. The van der Waals surface area contributed by atoms with Gasteiger partial charge in [0.1, 0.15) is 5.54 Å². The van der Waals surface area contributed by atoms with E-state index in [1.165, 1.54) is 26.4 Å². The van der Waals surface area contributed by atoms with Gasteiger partial charge in [0, 0.05) is 13.2 Å². The van der Waals surface area contributed by atoms with E-state index >= 15 is 0 Å². The Morgan fingerprint density at radius 1 is 1.28 bits per heavy atom. The van der Waals surface area contributed by atoms with Crippen molar-refractivity contribution in [3.63, 3.8) is 0 Å². The second-order valence-corrected chi connectivity index (χ2v) is 5.53. The maximum absolute atomic E-state index is 12.2. The maximum Gasteiger partial charge on any atom is 0.328 e. The summed E-state index contributed by atoms with van der Waals surface area (Å²) in [6.45, 7) is 4.42. The molecule has 0 bridgehead atoms. The van der Waals surface area contributed by atoms with Gasteiger partial charge in [-0.25, -0.2) is 4.79 Å².